The molecule has 0 saturated heterocycles. The molecule has 1 aromatic rings. The van der Waals surface area contributed by atoms with Gasteiger partial charge < -0.3 is 9.47 Å². The molecule has 0 saturated carbocycles. The van der Waals surface area contributed by atoms with E-state index in [0.717, 1.165) is 6.42 Å². The number of hydrogen-bond donors (Lipinski definition) is 0. The standard InChI is InChI=1S/C18H23NO5/c1-5-6-15(20)13-7-8-16-14(9-13)19(18(22)12(4)24-16)10-17(21)23-11(2)3/h7-9,11-12H,5-6,10H2,1-4H3. The van der Waals surface area contributed by atoms with Gasteiger partial charge in [0.1, 0.15) is 12.3 Å². The van der Waals surface area contributed by atoms with Crippen molar-refractivity contribution in [3.8, 4) is 5.75 Å². The van der Waals surface area contributed by atoms with Gasteiger partial charge in [-0.3, -0.25) is 19.3 Å². The summed E-state index contributed by atoms with van der Waals surface area (Å²) < 4.78 is 10.7. The Labute approximate surface area is 141 Å². The number of anilines is 1. The zero-order valence-electron chi connectivity index (χ0n) is 14.5. The second-order valence-electron chi connectivity index (χ2n) is 6.08. The summed E-state index contributed by atoms with van der Waals surface area (Å²) in [6.45, 7) is 6.85. The molecule has 0 radical (unpaired) electrons. The summed E-state index contributed by atoms with van der Waals surface area (Å²) in [6, 6.07) is 4.96. The van der Waals surface area contributed by atoms with E-state index in [1.165, 1.54) is 4.90 Å². The fraction of sp³-hybridized carbons (Fsp3) is 0.500. The minimum Gasteiger partial charge on any atom is -0.479 e. The van der Waals surface area contributed by atoms with E-state index >= 15 is 0 Å². The van der Waals surface area contributed by atoms with Crippen LogP contribution < -0.4 is 9.64 Å². The lowest BCUT2D eigenvalue weighted by molar-refractivity contribution is -0.146. The van der Waals surface area contributed by atoms with Gasteiger partial charge in [0.25, 0.3) is 5.91 Å². The number of esters is 1. The molecule has 1 heterocycles. The summed E-state index contributed by atoms with van der Waals surface area (Å²) in [6.07, 6.45) is 0.219. The molecule has 6 heteroatoms. The number of carbonyl (C=O) groups excluding carboxylic acids is 3. The van der Waals surface area contributed by atoms with Crippen LogP contribution in [0.5, 0.6) is 5.75 Å². The molecule has 1 amide bonds. The Hall–Kier alpha value is -2.37. The molecule has 6 nitrogen and oxygen atoms in total. The second kappa shape index (κ2) is 7.47. The summed E-state index contributed by atoms with van der Waals surface area (Å²) in [5, 5.41) is 0. The molecule has 0 N–H and O–H groups in total. The average molecular weight is 333 g/mol. The highest BCUT2D eigenvalue weighted by Gasteiger charge is 2.33. The first-order valence-electron chi connectivity index (χ1n) is 8.18. The summed E-state index contributed by atoms with van der Waals surface area (Å²) >= 11 is 0. The number of ether oxygens (including phenoxy) is 2. The quantitative estimate of drug-likeness (QED) is 0.591. The number of rotatable bonds is 6. The van der Waals surface area contributed by atoms with Crippen molar-refractivity contribution in [1.29, 1.82) is 0 Å². The Bertz CT molecular complexity index is 653. The lowest BCUT2D eigenvalue weighted by atomic mass is 10.0. The predicted molar refractivity (Wildman–Crippen MR) is 89.4 cm³/mol. The fourth-order valence-corrected chi connectivity index (χ4v) is 2.54. The van der Waals surface area contributed by atoms with Gasteiger partial charge in [-0.1, -0.05) is 6.92 Å². The molecule has 1 aromatic carbocycles. The Kier molecular flexibility index (Phi) is 5.59. The Morgan fingerprint density at radius 1 is 1.33 bits per heavy atom. The highest BCUT2D eigenvalue weighted by atomic mass is 16.5. The first kappa shape index (κ1) is 18.0. The van der Waals surface area contributed by atoms with Crippen LogP contribution in [0.1, 0.15) is 50.9 Å². The van der Waals surface area contributed by atoms with Gasteiger partial charge in [-0.15, -0.1) is 0 Å². The topological polar surface area (TPSA) is 72.9 Å². The third-order valence-corrected chi connectivity index (χ3v) is 3.62. The van der Waals surface area contributed by atoms with E-state index in [0.29, 0.717) is 23.4 Å². The number of amides is 1. The number of Topliss-reactive ketones (excluding diaryl/α,β-unsaturated/α-hetero) is 1. The molecule has 0 spiro atoms. The Morgan fingerprint density at radius 3 is 2.67 bits per heavy atom. The number of ketones is 1. The maximum atomic E-state index is 12.4. The molecule has 0 fully saturated rings. The van der Waals surface area contributed by atoms with Crippen molar-refractivity contribution in [2.24, 2.45) is 0 Å². The van der Waals surface area contributed by atoms with Crippen LogP contribution in [0.25, 0.3) is 0 Å². The maximum absolute atomic E-state index is 12.4. The van der Waals surface area contributed by atoms with Crippen LogP contribution in [0, 0.1) is 0 Å². The van der Waals surface area contributed by atoms with Crippen molar-refractivity contribution in [2.75, 3.05) is 11.4 Å². The summed E-state index contributed by atoms with van der Waals surface area (Å²) in [5.74, 6) is -0.351. The lowest BCUT2D eigenvalue weighted by Crippen LogP contribution is -2.47. The molecular weight excluding hydrogens is 310 g/mol. The summed E-state index contributed by atoms with van der Waals surface area (Å²) in [5.41, 5.74) is 0.935. The highest BCUT2D eigenvalue weighted by molar-refractivity contribution is 6.05. The van der Waals surface area contributed by atoms with Crippen LogP contribution in [0.4, 0.5) is 5.69 Å². The van der Waals surface area contributed by atoms with Gasteiger partial charge in [0.15, 0.2) is 11.9 Å². The third-order valence-electron chi connectivity index (χ3n) is 3.62. The zero-order valence-corrected chi connectivity index (χ0v) is 14.5. The van der Waals surface area contributed by atoms with Crippen molar-refractivity contribution in [3.05, 3.63) is 23.8 Å². The van der Waals surface area contributed by atoms with Crippen LogP contribution in [-0.4, -0.2) is 36.4 Å². The second-order valence-corrected chi connectivity index (χ2v) is 6.08. The first-order chi connectivity index (χ1) is 11.3. The van der Waals surface area contributed by atoms with Crippen LogP contribution in [0.3, 0.4) is 0 Å². The van der Waals surface area contributed by atoms with Gasteiger partial charge in [0.2, 0.25) is 0 Å². The monoisotopic (exact) mass is 333 g/mol. The number of fused-ring (bicyclic) bond motifs is 1. The highest BCUT2D eigenvalue weighted by Crippen LogP contribution is 2.35. The molecule has 2 rings (SSSR count). The van der Waals surface area contributed by atoms with Gasteiger partial charge in [0, 0.05) is 12.0 Å². The largest absolute Gasteiger partial charge is 0.479 e. The normalized spacial score (nSPS) is 16.6. The molecule has 0 bridgehead atoms. The van der Waals surface area contributed by atoms with E-state index < -0.39 is 12.1 Å². The van der Waals surface area contributed by atoms with Gasteiger partial charge in [-0.25, -0.2) is 0 Å². The van der Waals surface area contributed by atoms with E-state index in [4.69, 9.17) is 9.47 Å². The third kappa shape index (κ3) is 3.93. The number of carbonyl (C=O) groups is 3. The van der Waals surface area contributed by atoms with E-state index in [9.17, 15) is 14.4 Å². The molecule has 1 unspecified atom stereocenters. The molecule has 1 aliphatic rings. The van der Waals surface area contributed by atoms with Crippen LogP contribution >= 0.6 is 0 Å². The van der Waals surface area contributed by atoms with E-state index in [1.54, 1.807) is 39.0 Å². The fourth-order valence-electron chi connectivity index (χ4n) is 2.54. The minimum absolute atomic E-state index is 0.00363. The van der Waals surface area contributed by atoms with E-state index in [-0.39, 0.29) is 24.3 Å². The Morgan fingerprint density at radius 2 is 2.04 bits per heavy atom. The van der Waals surface area contributed by atoms with Crippen molar-refractivity contribution in [3.63, 3.8) is 0 Å². The van der Waals surface area contributed by atoms with Gasteiger partial charge in [0.05, 0.1) is 11.8 Å². The number of benzene rings is 1. The molecule has 24 heavy (non-hydrogen) atoms. The van der Waals surface area contributed by atoms with Crippen molar-refractivity contribution >= 4 is 23.3 Å². The van der Waals surface area contributed by atoms with Crippen molar-refractivity contribution in [1.82, 2.24) is 0 Å². The lowest BCUT2D eigenvalue weighted by Gasteiger charge is -2.32. The van der Waals surface area contributed by atoms with E-state index in [2.05, 4.69) is 0 Å². The van der Waals surface area contributed by atoms with Crippen molar-refractivity contribution in [2.45, 2.75) is 52.7 Å². The van der Waals surface area contributed by atoms with Crippen LogP contribution in [0.15, 0.2) is 18.2 Å². The van der Waals surface area contributed by atoms with E-state index in [1.807, 2.05) is 6.92 Å². The van der Waals surface area contributed by atoms with Gasteiger partial charge >= 0.3 is 5.97 Å². The smallest absolute Gasteiger partial charge is 0.326 e. The molecule has 0 aliphatic carbocycles. The molecule has 1 atom stereocenters. The van der Waals surface area contributed by atoms with Crippen molar-refractivity contribution < 1.29 is 23.9 Å². The molecular formula is C18H23NO5. The number of nitrogens with zero attached hydrogens (tertiary/aromatic N) is 1. The zero-order chi connectivity index (χ0) is 17.9. The summed E-state index contributed by atoms with van der Waals surface area (Å²) in [4.78, 5) is 37.9. The predicted octanol–water partition coefficient (Wildman–Crippen LogP) is 2.73. The Balaban J connectivity index is 2.34. The molecule has 130 valence electrons. The van der Waals surface area contributed by atoms with Crippen LogP contribution in [0.2, 0.25) is 0 Å². The van der Waals surface area contributed by atoms with Gasteiger partial charge in [-0.05, 0) is 45.4 Å². The molecule has 1 aliphatic heterocycles. The van der Waals surface area contributed by atoms with Crippen LogP contribution in [-0.2, 0) is 14.3 Å². The molecule has 0 aromatic heterocycles. The SMILES string of the molecule is CCCC(=O)c1ccc2c(c1)N(CC(=O)OC(C)C)C(=O)C(C)O2. The average Bonchev–Trinajstić information content (AvgIpc) is 2.51. The summed E-state index contributed by atoms with van der Waals surface area (Å²) in [7, 11) is 0. The van der Waals surface area contributed by atoms with Gasteiger partial charge in [-0.2, -0.15) is 0 Å². The number of hydrogen-bond acceptors (Lipinski definition) is 5. The maximum Gasteiger partial charge on any atom is 0.326 e. The minimum atomic E-state index is -0.693. The first-order valence-corrected chi connectivity index (χ1v) is 8.18.